The molecule has 3 fully saturated rings. The maximum atomic E-state index is 13.7. The average molecular weight is 675 g/mol. The highest BCUT2D eigenvalue weighted by atomic mass is 19.4. The average Bonchev–Trinajstić information content (AvgIpc) is 3.49. The molecule has 3 aliphatic rings. The van der Waals surface area contributed by atoms with Crippen molar-refractivity contribution < 1.29 is 55.7 Å². The third kappa shape index (κ3) is 8.58. The van der Waals surface area contributed by atoms with E-state index in [9.17, 15) is 35.9 Å². The first-order valence-corrected chi connectivity index (χ1v) is 14.7. The molecule has 3 saturated heterocycles. The molecule has 0 radical (unpaired) electrons. The summed E-state index contributed by atoms with van der Waals surface area (Å²) in [5.74, 6) is -5.06. The van der Waals surface area contributed by atoms with Crippen LogP contribution in [0.1, 0.15) is 47.7 Å². The Morgan fingerprint density at radius 2 is 1.45 bits per heavy atom. The first-order valence-electron chi connectivity index (χ1n) is 14.7. The van der Waals surface area contributed by atoms with Crippen molar-refractivity contribution in [1.29, 1.82) is 0 Å². The normalized spacial score (nSPS) is 20.8. The van der Waals surface area contributed by atoms with Gasteiger partial charge in [0.2, 0.25) is 5.91 Å². The molecule has 1 unspecified atom stereocenters. The molecule has 47 heavy (non-hydrogen) atoms. The SMILES string of the molecule is CCN1CCC2(CN(Cc3cccnc3)CC23CCN(C(=O)c2ccccc2C)CC3)C1=O.O=C(O)C(F)(F)F.O=C(O)C(F)(F)F. The van der Waals surface area contributed by atoms with E-state index in [1.165, 1.54) is 5.56 Å². The third-order valence-corrected chi connectivity index (χ3v) is 8.92. The van der Waals surface area contributed by atoms with E-state index in [0.29, 0.717) is 5.91 Å². The lowest BCUT2D eigenvalue weighted by molar-refractivity contribution is -0.193. The van der Waals surface area contributed by atoms with Crippen LogP contribution in [-0.2, 0) is 20.9 Å². The molecule has 258 valence electrons. The highest BCUT2D eigenvalue weighted by Crippen LogP contribution is 2.58. The number of aromatic nitrogens is 1. The van der Waals surface area contributed by atoms with E-state index in [1.54, 1.807) is 6.20 Å². The van der Waals surface area contributed by atoms with Crippen molar-refractivity contribution >= 4 is 23.8 Å². The molecule has 0 saturated carbocycles. The second-order valence-corrected chi connectivity index (χ2v) is 11.7. The summed E-state index contributed by atoms with van der Waals surface area (Å²) in [6.45, 7) is 9.68. The molecule has 5 rings (SSSR count). The predicted octanol–water partition coefficient (Wildman–Crippen LogP) is 4.63. The van der Waals surface area contributed by atoms with Gasteiger partial charge >= 0.3 is 24.3 Å². The minimum Gasteiger partial charge on any atom is -0.475 e. The third-order valence-electron chi connectivity index (χ3n) is 8.92. The van der Waals surface area contributed by atoms with Gasteiger partial charge < -0.3 is 20.0 Å². The minimum absolute atomic E-state index is 0.0707. The zero-order valence-corrected chi connectivity index (χ0v) is 25.8. The number of alkyl halides is 6. The van der Waals surface area contributed by atoms with Crippen LogP contribution in [0.4, 0.5) is 26.3 Å². The molecule has 0 aliphatic carbocycles. The van der Waals surface area contributed by atoms with Gasteiger partial charge in [-0.25, -0.2) is 9.59 Å². The summed E-state index contributed by atoms with van der Waals surface area (Å²) in [7, 11) is 0. The lowest BCUT2D eigenvalue weighted by atomic mass is 9.60. The number of hydrogen-bond acceptors (Lipinski definition) is 6. The molecule has 1 aromatic heterocycles. The van der Waals surface area contributed by atoms with Crippen LogP contribution in [0.3, 0.4) is 0 Å². The standard InChI is InChI=1S/C27H34N4O2.2C2HF3O2/c1-3-30-16-12-27(25(30)33)20-29(18-22-8-6-13-28-17-22)19-26(27)10-14-31(15-11-26)24(32)23-9-5-4-7-21(23)2;2*3-2(4,5)1(6)7/h4-9,13,17H,3,10-12,14-16,18-20H2,1-2H3;2*(H,6,7). The van der Waals surface area contributed by atoms with Crippen molar-refractivity contribution in [2.75, 3.05) is 39.3 Å². The molecule has 4 heterocycles. The van der Waals surface area contributed by atoms with Crippen LogP contribution in [0.2, 0.25) is 0 Å². The second kappa shape index (κ2) is 14.7. The maximum Gasteiger partial charge on any atom is 0.490 e. The van der Waals surface area contributed by atoms with Crippen LogP contribution >= 0.6 is 0 Å². The number of carboxylic acids is 2. The number of rotatable bonds is 4. The summed E-state index contributed by atoms with van der Waals surface area (Å²) in [5, 5.41) is 14.2. The summed E-state index contributed by atoms with van der Waals surface area (Å²) >= 11 is 0. The van der Waals surface area contributed by atoms with Gasteiger partial charge in [-0.2, -0.15) is 26.3 Å². The number of amides is 2. The zero-order valence-electron chi connectivity index (χ0n) is 25.8. The molecule has 1 aromatic carbocycles. The summed E-state index contributed by atoms with van der Waals surface area (Å²) in [4.78, 5) is 55.5. The number of aryl methyl sites for hydroxylation is 1. The molecule has 0 bridgehead atoms. The van der Waals surface area contributed by atoms with Crippen molar-refractivity contribution in [3.05, 3.63) is 65.5 Å². The van der Waals surface area contributed by atoms with E-state index < -0.39 is 24.3 Å². The zero-order chi connectivity index (χ0) is 35.2. The maximum absolute atomic E-state index is 13.7. The Kier molecular flexibility index (Phi) is 11.6. The van der Waals surface area contributed by atoms with Crippen LogP contribution in [0.25, 0.3) is 0 Å². The number of carbonyl (C=O) groups excluding carboxylic acids is 2. The van der Waals surface area contributed by atoms with Crippen molar-refractivity contribution in [1.82, 2.24) is 19.7 Å². The number of pyridine rings is 1. The molecule has 10 nitrogen and oxygen atoms in total. The molecule has 3 aliphatic heterocycles. The minimum atomic E-state index is -5.08. The number of fused-ring (bicyclic) bond motifs is 1. The summed E-state index contributed by atoms with van der Waals surface area (Å²) in [6.07, 6.45) is -3.74. The number of halogens is 6. The number of nitrogens with zero attached hydrogens (tertiary/aromatic N) is 4. The van der Waals surface area contributed by atoms with Crippen molar-refractivity contribution in [2.24, 2.45) is 10.8 Å². The topological polar surface area (TPSA) is 131 Å². The van der Waals surface area contributed by atoms with E-state index in [0.717, 1.165) is 76.2 Å². The Balaban J connectivity index is 0.000000360. The highest BCUT2D eigenvalue weighted by molar-refractivity contribution is 5.95. The van der Waals surface area contributed by atoms with Gasteiger partial charge in [-0.15, -0.1) is 0 Å². The number of carbonyl (C=O) groups is 4. The van der Waals surface area contributed by atoms with Gasteiger partial charge in [0.25, 0.3) is 5.91 Å². The van der Waals surface area contributed by atoms with Crippen molar-refractivity contribution in [3.8, 4) is 0 Å². The van der Waals surface area contributed by atoms with Crippen LogP contribution < -0.4 is 0 Å². The molecule has 2 amide bonds. The van der Waals surface area contributed by atoms with E-state index in [1.807, 2.05) is 53.3 Å². The quantitative estimate of drug-likeness (QED) is 0.449. The van der Waals surface area contributed by atoms with E-state index >= 15 is 0 Å². The summed E-state index contributed by atoms with van der Waals surface area (Å²) in [5.41, 5.74) is 2.60. The Hall–Kier alpha value is -4.21. The number of likely N-dealkylation sites (tertiary alicyclic amines) is 3. The van der Waals surface area contributed by atoms with Crippen LogP contribution in [0.15, 0.2) is 48.8 Å². The van der Waals surface area contributed by atoms with Crippen molar-refractivity contribution in [2.45, 2.75) is 52.0 Å². The van der Waals surface area contributed by atoms with Gasteiger partial charge in [-0.1, -0.05) is 24.3 Å². The second-order valence-electron chi connectivity index (χ2n) is 11.7. The molecule has 1 atom stereocenters. The monoisotopic (exact) mass is 674 g/mol. The lowest BCUT2D eigenvalue weighted by Gasteiger charge is -2.47. The van der Waals surface area contributed by atoms with E-state index in [-0.39, 0.29) is 16.7 Å². The Morgan fingerprint density at radius 1 is 0.872 bits per heavy atom. The number of hydrogen-bond donors (Lipinski definition) is 2. The number of aliphatic carboxylic acids is 2. The molecule has 2 N–H and O–H groups in total. The number of benzene rings is 1. The number of carboxylic acid groups (broad SMARTS) is 2. The molecule has 2 aromatic rings. The predicted molar refractivity (Wildman–Crippen MR) is 155 cm³/mol. The van der Waals surface area contributed by atoms with Gasteiger partial charge in [0, 0.05) is 69.2 Å². The first-order chi connectivity index (χ1) is 21.9. The molecular weight excluding hydrogens is 638 g/mol. The fourth-order valence-electron chi connectivity index (χ4n) is 6.58. The highest BCUT2D eigenvalue weighted by Gasteiger charge is 2.65. The van der Waals surface area contributed by atoms with E-state index in [4.69, 9.17) is 19.8 Å². The van der Waals surface area contributed by atoms with E-state index in [2.05, 4.69) is 22.9 Å². The Bertz CT molecular complexity index is 1410. The first kappa shape index (κ1) is 37.2. The van der Waals surface area contributed by atoms with Gasteiger partial charge in [-0.3, -0.25) is 19.5 Å². The molecular formula is C31H36F6N4O6. The van der Waals surface area contributed by atoms with Gasteiger partial charge in [0.1, 0.15) is 0 Å². The Morgan fingerprint density at radius 3 is 1.91 bits per heavy atom. The van der Waals surface area contributed by atoms with Gasteiger partial charge in [-0.05, 0) is 56.4 Å². The smallest absolute Gasteiger partial charge is 0.475 e. The van der Waals surface area contributed by atoms with Gasteiger partial charge in [0.15, 0.2) is 0 Å². The fraction of sp³-hybridized carbons (Fsp3) is 0.516. The summed E-state index contributed by atoms with van der Waals surface area (Å²) < 4.78 is 63.5. The lowest BCUT2D eigenvalue weighted by Crippen LogP contribution is -2.53. The fourth-order valence-corrected chi connectivity index (χ4v) is 6.58. The van der Waals surface area contributed by atoms with Gasteiger partial charge in [0.05, 0.1) is 5.41 Å². The Labute approximate surface area is 267 Å². The van der Waals surface area contributed by atoms with Crippen LogP contribution in [-0.4, -0.2) is 105 Å². The molecule has 16 heteroatoms. The number of piperidine rings is 1. The molecule has 2 spiro atoms. The van der Waals surface area contributed by atoms with Crippen molar-refractivity contribution in [3.63, 3.8) is 0 Å². The van der Waals surface area contributed by atoms with Crippen LogP contribution in [0.5, 0.6) is 0 Å². The largest absolute Gasteiger partial charge is 0.490 e. The summed E-state index contributed by atoms with van der Waals surface area (Å²) in [6, 6.07) is 11.9. The van der Waals surface area contributed by atoms with Crippen LogP contribution in [0, 0.1) is 17.8 Å².